The number of hydrogen-bond donors (Lipinski definition) is 4. The van der Waals surface area contributed by atoms with Crippen LogP contribution in [0.25, 0.3) is 0 Å². The van der Waals surface area contributed by atoms with E-state index in [1.54, 1.807) is 15.5 Å². The number of aromatic hydroxyl groups is 1. The van der Waals surface area contributed by atoms with Crippen molar-refractivity contribution in [1.29, 1.82) is 0 Å². The fraction of sp³-hybridized carbons (Fsp3) is 0.500. The number of aliphatic hydroxyl groups excluding tert-OH is 3. The molecule has 1 aromatic heterocycles. The Balaban J connectivity index is 3.26. The van der Waals surface area contributed by atoms with Crippen molar-refractivity contribution in [3.63, 3.8) is 0 Å². The lowest BCUT2D eigenvalue weighted by molar-refractivity contribution is 0.151. The van der Waals surface area contributed by atoms with Gasteiger partial charge in [-0.2, -0.15) is 0 Å². The first-order chi connectivity index (χ1) is 10.1. The van der Waals surface area contributed by atoms with Crippen LogP contribution in [0.4, 0.5) is 0 Å². The quantitative estimate of drug-likeness (QED) is 0.437. The van der Waals surface area contributed by atoms with Gasteiger partial charge >= 0.3 is 0 Å². The Hall–Kier alpha value is -1.67. The molecule has 118 valence electrons. The lowest BCUT2D eigenvalue weighted by Crippen LogP contribution is -2.32. The highest BCUT2D eigenvalue weighted by Crippen LogP contribution is 2.17. The van der Waals surface area contributed by atoms with Crippen molar-refractivity contribution < 1.29 is 20.4 Å². The summed E-state index contributed by atoms with van der Waals surface area (Å²) < 4.78 is 1.60. The molecular weight excluding hydrogens is 276 g/mol. The predicted molar refractivity (Wildman–Crippen MR) is 77.9 cm³/mol. The summed E-state index contributed by atoms with van der Waals surface area (Å²) in [5, 5.41) is 37.4. The van der Waals surface area contributed by atoms with Crippen molar-refractivity contribution in [1.82, 2.24) is 9.47 Å². The molecule has 0 aliphatic rings. The average Bonchev–Trinajstić information content (AvgIpc) is 2.47. The first kappa shape index (κ1) is 17.4. The smallest absolute Gasteiger partial charge is 0.223 e. The van der Waals surface area contributed by atoms with Crippen LogP contribution < -0.4 is 5.43 Å². The minimum atomic E-state index is -0.567. The highest BCUT2D eigenvalue weighted by molar-refractivity contribution is 5.30. The monoisotopic (exact) mass is 298 g/mol. The van der Waals surface area contributed by atoms with E-state index in [-0.39, 0.29) is 26.4 Å². The summed E-state index contributed by atoms with van der Waals surface area (Å²) in [6.07, 6.45) is 1.59. The molecule has 0 spiro atoms. The molecule has 21 heavy (non-hydrogen) atoms. The van der Waals surface area contributed by atoms with Crippen LogP contribution in [0.3, 0.4) is 0 Å². The van der Waals surface area contributed by atoms with Gasteiger partial charge in [0.2, 0.25) is 5.43 Å². The third kappa shape index (κ3) is 4.40. The predicted octanol–water partition coefficient (Wildman–Crippen LogP) is -0.981. The molecule has 0 bridgehead atoms. The highest BCUT2D eigenvalue weighted by Gasteiger charge is 2.17. The zero-order valence-corrected chi connectivity index (χ0v) is 11.9. The zero-order valence-electron chi connectivity index (χ0n) is 11.9. The Morgan fingerprint density at radius 3 is 2.33 bits per heavy atom. The summed E-state index contributed by atoms with van der Waals surface area (Å²) in [6, 6.07) is 1.19. The van der Waals surface area contributed by atoms with Crippen LogP contribution >= 0.6 is 0 Å². The van der Waals surface area contributed by atoms with Crippen LogP contribution in [0, 0.1) is 0 Å². The average molecular weight is 298 g/mol. The van der Waals surface area contributed by atoms with E-state index in [2.05, 4.69) is 6.58 Å². The number of aromatic nitrogens is 1. The van der Waals surface area contributed by atoms with E-state index < -0.39 is 11.2 Å². The SMILES string of the molecule is C=CCn1c(CO)cc(=O)c(O)c1CN(CCO)CCO. The van der Waals surface area contributed by atoms with Gasteiger partial charge in [-0.1, -0.05) is 6.08 Å². The van der Waals surface area contributed by atoms with Gasteiger partial charge in [0.15, 0.2) is 5.75 Å². The maximum atomic E-state index is 11.8. The van der Waals surface area contributed by atoms with E-state index >= 15 is 0 Å². The molecule has 0 aliphatic heterocycles. The van der Waals surface area contributed by atoms with Gasteiger partial charge in [0.25, 0.3) is 0 Å². The van der Waals surface area contributed by atoms with Gasteiger partial charge in [-0.15, -0.1) is 6.58 Å². The number of hydrogen-bond acceptors (Lipinski definition) is 6. The van der Waals surface area contributed by atoms with Crippen molar-refractivity contribution in [2.75, 3.05) is 26.3 Å². The van der Waals surface area contributed by atoms with Gasteiger partial charge in [-0.3, -0.25) is 9.69 Å². The van der Waals surface area contributed by atoms with Crippen LogP contribution in [0.15, 0.2) is 23.5 Å². The molecular formula is C14H22N2O5. The maximum Gasteiger partial charge on any atom is 0.223 e. The Bertz CT molecular complexity index is 521. The van der Waals surface area contributed by atoms with E-state index in [1.807, 2.05) is 0 Å². The molecule has 0 saturated carbocycles. The molecule has 0 fully saturated rings. The molecule has 0 unspecified atom stereocenters. The van der Waals surface area contributed by atoms with Crippen molar-refractivity contribution in [3.05, 3.63) is 40.3 Å². The molecule has 4 N–H and O–H groups in total. The fourth-order valence-corrected chi connectivity index (χ4v) is 2.15. The summed E-state index contributed by atoms with van der Waals surface area (Å²) in [5.74, 6) is -0.394. The Labute approximate surface area is 123 Å². The van der Waals surface area contributed by atoms with Crippen LogP contribution in [0.2, 0.25) is 0 Å². The number of rotatable bonds is 9. The summed E-state index contributed by atoms with van der Waals surface area (Å²) in [5.41, 5.74) is 0.135. The molecule has 0 radical (unpaired) electrons. The summed E-state index contributed by atoms with van der Waals surface area (Å²) in [6.45, 7) is 4.16. The largest absolute Gasteiger partial charge is 0.503 e. The molecule has 0 atom stereocenters. The minimum Gasteiger partial charge on any atom is -0.503 e. The van der Waals surface area contributed by atoms with E-state index in [4.69, 9.17) is 10.2 Å². The first-order valence-electron chi connectivity index (χ1n) is 6.69. The van der Waals surface area contributed by atoms with Gasteiger partial charge in [-0.05, 0) is 0 Å². The molecule has 1 aromatic rings. The second kappa shape index (κ2) is 8.58. The topological polar surface area (TPSA) is 106 Å². The van der Waals surface area contributed by atoms with E-state index in [0.717, 1.165) is 0 Å². The van der Waals surface area contributed by atoms with Gasteiger partial charge in [0.05, 0.1) is 25.5 Å². The number of aliphatic hydroxyl groups is 3. The van der Waals surface area contributed by atoms with Crippen molar-refractivity contribution in [2.45, 2.75) is 19.7 Å². The second-order valence-electron chi connectivity index (χ2n) is 4.58. The van der Waals surface area contributed by atoms with Gasteiger partial charge in [0.1, 0.15) is 0 Å². The molecule has 0 amide bonds. The zero-order chi connectivity index (χ0) is 15.8. The third-order valence-corrected chi connectivity index (χ3v) is 3.16. The fourth-order valence-electron chi connectivity index (χ4n) is 2.15. The van der Waals surface area contributed by atoms with Crippen LogP contribution in [-0.4, -0.2) is 56.2 Å². The van der Waals surface area contributed by atoms with Crippen molar-refractivity contribution >= 4 is 0 Å². The molecule has 0 aliphatic carbocycles. The van der Waals surface area contributed by atoms with Gasteiger partial charge in [0, 0.05) is 37.9 Å². The molecule has 0 saturated heterocycles. The molecule has 1 heterocycles. The normalized spacial score (nSPS) is 11.0. The molecule has 0 aromatic carbocycles. The summed E-state index contributed by atoms with van der Waals surface area (Å²) >= 11 is 0. The van der Waals surface area contributed by atoms with Gasteiger partial charge in [-0.25, -0.2) is 0 Å². The van der Waals surface area contributed by atoms with Gasteiger partial charge < -0.3 is 25.0 Å². The standard InChI is InChI=1S/C14H22N2O5/c1-2-3-16-11(10-19)8-13(20)14(21)12(16)9-15(4-6-17)5-7-18/h2,8,17-19,21H,1,3-7,9-10H2. The maximum absolute atomic E-state index is 11.8. The van der Waals surface area contributed by atoms with Crippen LogP contribution in [0.1, 0.15) is 11.4 Å². The van der Waals surface area contributed by atoms with Crippen LogP contribution in [-0.2, 0) is 19.7 Å². The Morgan fingerprint density at radius 2 is 1.86 bits per heavy atom. The third-order valence-electron chi connectivity index (χ3n) is 3.16. The minimum absolute atomic E-state index is 0.105. The van der Waals surface area contributed by atoms with E-state index in [9.17, 15) is 15.0 Å². The summed E-state index contributed by atoms with van der Waals surface area (Å²) in [4.78, 5) is 13.5. The lowest BCUT2D eigenvalue weighted by atomic mass is 10.2. The number of pyridine rings is 1. The Kier molecular flexibility index (Phi) is 7.10. The van der Waals surface area contributed by atoms with E-state index in [0.29, 0.717) is 31.0 Å². The first-order valence-corrected chi connectivity index (χ1v) is 6.69. The molecule has 1 rings (SSSR count). The number of nitrogens with zero attached hydrogens (tertiary/aromatic N) is 2. The number of allylic oxidation sites excluding steroid dienone is 1. The molecule has 7 nitrogen and oxygen atoms in total. The summed E-state index contributed by atoms with van der Waals surface area (Å²) in [7, 11) is 0. The van der Waals surface area contributed by atoms with Crippen molar-refractivity contribution in [2.24, 2.45) is 0 Å². The lowest BCUT2D eigenvalue weighted by Gasteiger charge is -2.24. The van der Waals surface area contributed by atoms with Crippen molar-refractivity contribution in [3.8, 4) is 5.75 Å². The highest BCUT2D eigenvalue weighted by atomic mass is 16.3. The van der Waals surface area contributed by atoms with E-state index in [1.165, 1.54) is 6.07 Å². The Morgan fingerprint density at radius 1 is 1.24 bits per heavy atom. The molecule has 7 heteroatoms. The second-order valence-corrected chi connectivity index (χ2v) is 4.58. The van der Waals surface area contributed by atoms with Crippen LogP contribution in [0.5, 0.6) is 5.75 Å².